The first-order valence-electron chi connectivity index (χ1n) is 10.3. The van der Waals surface area contributed by atoms with E-state index in [0.29, 0.717) is 6.42 Å². The molecule has 0 unspecified atom stereocenters. The summed E-state index contributed by atoms with van der Waals surface area (Å²) in [5, 5.41) is 7.24. The van der Waals surface area contributed by atoms with Crippen LogP contribution in [0.4, 0.5) is 11.4 Å². The van der Waals surface area contributed by atoms with Crippen molar-refractivity contribution in [2.75, 3.05) is 10.6 Å². The van der Waals surface area contributed by atoms with Gasteiger partial charge in [-0.3, -0.25) is 4.79 Å². The van der Waals surface area contributed by atoms with Crippen LogP contribution in [-0.2, 0) is 4.79 Å². The number of benzene rings is 3. The molecule has 4 heteroatoms. The summed E-state index contributed by atoms with van der Waals surface area (Å²) in [5.41, 5.74) is 7.45. The van der Waals surface area contributed by atoms with Gasteiger partial charge >= 0.3 is 0 Å². The average molecular weight is 459 g/mol. The molecule has 0 radical (unpaired) electrons. The van der Waals surface area contributed by atoms with Crippen LogP contribution >= 0.6 is 15.9 Å². The third-order valence-corrected chi connectivity index (χ3v) is 6.53. The van der Waals surface area contributed by atoms with Crippen molar-refractivity contribution in [2.45, 2.75) is 31.7 Å². The maximum Gasteiger partial charge on any atom is 0.163 e. The van der Waals surface area contributed by atoms with Gasteiger partial charge in [-0.2, -0.15) is 0 Å². The Bertz CT molecular complexity index is 1150. The number of ketones is 1. The summed E-state index contributed by atoms with van der Waals surface area (Å²) >= 11 is 3.57. The van der Waals surface area contributed by atoms with Crippen molar-refractivity contribution in [3.8, 4) is 0 Å². The highest BCUT2D eigenvalue weighted by Crippen LogP contribution is 2.44. The molecule has 0 amide bonds. The molecule has 3 nitrogen and oxygen atoms in total. The molecule has 0 bridgehead atoms. The fourth-order valence-corrected chi connectivity index (χ4v) is 4.91. The van der Waals surface area contributed by atoms with Gasteiger partial charge in [-0.25, -0.2) is 0 Å². The molecule has 1 aliphatic heterocycles. The molecule has 150 valence electrons. The van der Waals surface area contributed by atoms with Crippen LogP contribution in [0.15, 0.2) is 88.5 Å². The van der Waals surface area contributed by atoms with Gasteiger partial charge in [0.2, 0.25) is 0 Å². The number of hydrogen-bond donors (Lipinski definition) is 2. The van der Waals surface area contributed by atoms with Crippen molar-refractivity contribution >= 4 is 33.1 Å². The van der Waals surface area contributed by atoms with Gasteiger partial charge in [-0.05, 0) is 54.7 Å². The van der Waals surface area contributed by atoms with Gasteiger partial charge in [0.1, 0.15) is 0 Å². The number of carbonyl (C=O) groups excluding carboxylic acids is 1. The van der Waals surface area contributed by atoms with Crippen LogP contribution < -0.4 is 10.6 Å². The van der Waals surface area contributed by atoms with Gasteiger partial charge in [0.25, 0.3) is 0 Å². The van der Waals surface area contributed by atoms with E-state index in [2.05, 4.69) is 82.0 Å². The molecule has 2 N–H and O–H groups in total. The quantitative estimate of drug-likeness (QED) is 0.446. The van der Waals surface area contributed by atoms with Crippen LogP contribution in [0.3, 0.4) is 0 Å². The predicted octanol–water partition coefficient (Wildman–Crippen LogP) is 6.74. The lowest BCUT2D eigenvalue weighted by Gasteiger charge is -2.30. The van der Waals surface area contributed by atoms with Crippen LogP contribution in [-0.4, -0.2) is 5.78 Å². The first-order valence-corrected chi connectivity index (χ1v) is 11.1. The number of anilines is 2. The van der Waals surface area contributed by atoms with Crippen LogP contribution in [0.2, 0.25) is 0 Å². The van der Waals surface area contributed by atoms with Gasteiger partial charge in [0.05, 0.1) is 17.4 Å². The maximum atomic E-state index is 13.5. The predicted molar refractivity (Wildman–Crippen MR) is 126 cm³/mol. The molecule has 0 saturated carbocycles. The molecule has 2 atom stereocenters. The Morgan fingerprint density at radius 1 is 0.867 bits per heavy atom. The van der Waals surface area contributed by atoms with Crippen molar-refractivity contribution in [3.63, 3.8) is 0 Å². The number of Topliss-reactive ketones (excluding diaryl/α,β-unsaturated/α-hetero) is 1. The fourth-order valence-electron chi connectivity index (χ4n) is 4.50. The number of fused-ring (bicyclic) bond motifs is 1. The van der Waals surface area contributed by atoms with Crippen LogP contribution in [0.25, 0.3) is 0 Å². The first kappa shape index (κ1) is 19.1. The Labute approximate surface area is 185 Å². The third kappa shape index (κ3) is 3.56. The molecular formula is C26H23BrN2O. The van der Waals surface area contributed by atoms with Gasteiger partial charge in [0, 0.05) is 22.2 Å². The number of halogens is 1. The van der Waals surface area contributed by atoms with Crippen molar-refractivity contribution < 1.29 is 4.79 Å². The average Bonchev–Trinajstić information content (AvgIpc) is 2.91. The van der Waals surface area contributed by atoms with Crippen LogP contribution in [0, 0.1) is 6.92 Å². The van der Waals surface area contributed by atoms with E-state index in [1.165, 1.54) is 11.1 Å². The highest BCUT2D eigenvalue weighted by atomic mass is 79.9. The highest BCUT2D eigenvalue weighted by Gasteiger charge is 2.36. The minimum absolute atomic E-state index is 0.160. The molecule has 30 heavy (non-hydrogen) atoms. The summed E-state index contributed by atoms with van der Waals surface area (Å²) in [6, 6.07) is 24.8. The number of hydrogen-bond acceptors (Lipinski definition) is 3. The lowest BCUT2D eigenvalue weighted by molar-refractivity contribution is -0.116. The summed E-state index contributed by atoms with van der Waals surface area (Å²) in [4.78, 5) is 13.5. The number of carbonyl (C=O) groups is 1. The summed E-state index contributed by atoms with van der Waals surface area (Å²) < 4.78 is 1.05. The summed E-state index contributed by atoms with van der Waals surface area (Å²) in [6.07, 6.45) is 1.34. The molecule has 0 aromatic heterocycles. The molecule has 0 spiro atoms. The summed E-state index contributed by atoms with van der Waals surface area (Å²) in [6.45, 7) is 2.08. The Morgan fingerprint density at radius 3 is 2.40 bits per heavy atom. The minimum Gasteiger partial charge on any atom is -0.372 e. The monoisotopic (exact) mass is 458 g/mol. The fraction of sp³-hybridized carbons (Fsp3) is 0.192. The molecule has 2 aliphatic rings. The van der Waals surface area contributed by atoms with Crippen molar-refractivity contribution in [2.24, 2.45) is 0 Å². The summed E-state index contributed by atoms with van der Waals surface area (Å²) in [7, 11) is 0. The summed E-state index contributed by atoms with van der Waals surface area (Å²) in [5.74, 6) is 0.379. The van der Waals surface area contributed by atoms with E-state index in [4.69, 9.17) is 0 Å². The standard InChI is InChI=1S/C26H23BrN2O/c1-16-9-11-17(12-10-16)26-25-23(28-21-7-2-3-8-22(21)29-26)14-19(15-24(25)30)18-5-4-6-20(27)13-18/h2-13,19,26,28-29H,14-15H2,1H3/t19-,26+/m0/s1. The Balaban J connectivity index is 1.61. The van der Waals surface area contributed by atoms with Gasteiger partial charge < -0.3 is 10.6 Å². The number of aryl methyl sites for hydroxylation is 1. The second kappa shape index (κ2) is 7.77. The molecule has 5 rings (SSSR count). The van der Waals surface area contributed by atoms with Crippen LogP contribution in [0.5, 0.6) is 0 Å². The Hall–Kier alpha value is -2.85. The van der Waals surface area contributed by atoms with E-state index in [-0.39, 0.29) is 17.7 Å². The zero-order valence-electron chi connectivity index (χ0n) is 16.8. The van der Waals surface area contributed by atoms with E-state index in [0.717, 1.165) is 39.1 Å². The van der Waals surface area contributed by atoms with Crippen molar-refractivity contribution in [1.29, 1.82) is 0 Å². The molecular weight excluding hydrogens is 436 g/mol. The van der Waals surface area contributed by atoms with Crippen molar-refractivity contribution in [1.82, 2.24) is 0 Å². The normalized spacial score (nSPS) is 20.5. The third-order valence-electron chi connectivity index (χ3n) is 6.04. The van der Waals surface area contributed by atoms with Gasteiger partial charge in [-0.1, -0.05) is 70.0 Å². The van der Waals surface area contributed by atoms with E-state index >= 15 is 0 Å². The van der Waals surface area contributed by atoms with E-state index < -0.39 is 0 Å². The largest absolute Gasteiger partial charge is 0.372 e. The van der Waals surface area contributed by atoms with Gasteiger partial charge in [0.15, 0.2) is 5.78 Å². The number of allylic oxidation sites excluding steroid dienone is 1. The highest BCUT2D eigenvalue weighted by molar-refractivity contribution is 9.10. The van der Waals surface area contributed by atoms with Gasteiger partial charge in [-0.15, -0.1) is 0 Å². The van der Waals surface area contributed by atoms with Crippen molar-refractivity contribution in [3.05, 3.63) is 105 Å². The molecule has 3 aromatic carbocycles. The smallest absolute Gasteiger partial charge is 0.163 e. The van der Waals surface area contributed by atoms with E-state index in [1.54, 1.807) is 0 Å². The number of nitrogens with one attached hydrogen (secondary N) is 2. The molecule has 1 aliphatic carbocycles. The Morgan fingerprint density at radius 2 is 1.63 bits per heavy atom. The Kier molecular flexibility index (Phi) is 4.95. The molecule has 3 aromatic rings. The van der Waals surface area contributed by atoms with Crippen LogP contribution in [0.1, 0.15) is 41.5 Å². The zero-order chi connectivity index (χ0) is 20.7. The second-order valence-electron chi connectivity index (χ2n) is 8.13. The molecule has 0 fully saturated rings. The molecule has 1 heterocycles. The molecule has 0 saturated heterocycles. The lowest BCUT2D eigenvalue weighted by atomic mass is 9.78. The SMILES string of the molecule is Cc1ccc([C@H]2Nc3ccccc3NC3=C2C(=O)C[C@@H](c2cccc(Br)c2)C3)cc1. The lowest BCUT2D eigenvalue weighted by Crippen LogP contribution is -2.26. The topological polar surface area (TPSA) is 41.1 Å². The van der Waals surface area contributed by atoms with E-state index in [9.17, 15) is 4.79 Å². The first-order chi connectivity index (χ1) is 14.6. The maximum absolute atomic E-state index is 13.5. The number of rotatable bonds is 2. The zero-order valence-corrected chi connectivity index (χ0v) is 18.4. The minimum atomic E-state index is -0.160. The number of para-hydroxylation sites is 2. The van der Waals surface area contributed by atoms with E-state index in [1.807, 2.05) is 24.3 Å². The second-order valence-corrected chi connectivity index (χ2v) is 9.05.